The highest BCUT2D eigenvalue weighted by Gasteiger charge is 2.28. The third-order valence-corrected chi connectivity index (χ3v) is 4.31. The molecule has 2 aliphatic rings. The van der Waals surface area contributed by atoms with E-state index in [0.29, 0.717) is 26.1 Å². The molecule has 0 aromatic carbocycles. The van der Waals surface area contributed by atoms with Crippen molar-refractivity contribution in [2.45, 2.75) is 39.0 Å². The highest BCUT2D eigenvalue weighted by atomic mass is 16.5. The van der Waals surface area contributed by atoms with Gasteiger partial charge < -0.3 is 14.5 Å². The van der Waals surface area contributed by atoms with Crippen LogP contribution in [-0.2, 0) is 14.3 Å². The van der Waals surface area contributed by atoms with Crippen molar-refractivity contribution in [3.8, 4) is 0 Å². The summed E-state index contributed by atoms with van der Waals surface area (Å²) in [6.45, 7) is 6.82. The smallest absolute Gasteiger partial charge is 0.309 e. The van der Waals surface area contributed by atoms with Gasteiger partial charge in [0.05, 0.1) is 12.5 Å². The van der Waals surface area contributed by atoms with Gasteiger partial charge in [0.1, 0.15) is 0 Å². The third kappa shape index (κ3) is 4.20. The molecule has 2 heterocycles. The molecule has 0 aromatic rings. The van der Waals surface area contributed by atoms with Crippen molar-refractivity contribution in [2.75, 3.05) is 39.3 Å². The van der Waals surface area contributed by atoms with E-state index in [4.69, 9.17) is 4.74 Å². The molecule has 2 fully saturated rings. The lowest BCUT2D eigenvalue weighted by atomic mass is 9.97. The van der Waals surface area contributed by atoms with Crippen molar-refractivity contribution in [3.63, 3.8) is 0 Å². The number of carbonyl (C=O) groups is 2. The highest BCUT2D eigenvalue weighted by Crippen LogP contribution is 2.19. The first-order valence-electron chi connectivity index (χ1n) is 7.87. The molecule has 0 unspecified atom stereocenters. The lowest BCUT2D eigenvalue weighted by Crippen LogP contribution is -2.41. The Kier molecular flexibility index (Phi) is 5.83. The van der Waals surface area contributed by atoms with Gasteiger partial charge in [-0.3, -0.25) is 9.59 Å². The van der Waals surface area contributed by atoms with Crippen molar-refractivity contribution in [1.82, 2.24) is 9.80 Å². The van der Waals surface area contributed by atoms with Gasteiger partial charge in [-0.2, -0.15) is 0 Å². The number of hydrogen-bond donors (Lipinski definition) is 0. The molecule has 1 amide bonds. The van der Waals surface area contributed by atoms with Gasteiger partial charge >= 0.3 is 5.97 Å². The summed E-state index contributed by atoms with van der Waals surface area (Å²) in [6, 6.07) is 0. The number of rotatable bonds is 5. The van der Waals surface area contributed by atoms with Gasteiger partial charge in [-0.1, -0.05) is 0 Å². The van der Waals surface area contributed by atoms with Gasteiger partial charge in [0.25, 0.3) is 0 Å². The number of hydrogen-bond acceptors (Lipinski definition) is 4. The van der Waals surface area contributed by atoms with Gasteiger partial charge in [-0.15, -0.1) is 0 Å². The van der Waals surface area contributed by atoms with Crippen molar-refractivity contribution in [2.24, 2.45) is 5.92 Å². The minimum Gasteiger partial charge on any atom is -0.466 e. The average molecular weight is 282 g/mol. The molecule has 2 rings (SSSR count). The Hall–Kier alpha value is -1.10. The standard InChI is InChI=1S/C15H26N2O3/c1-2-20-15(19)13-5-11-17(12-6-13)14(18)7-10-16-8-3-4-9-16/h13H,2-12H2,1H3. The number of ether oxygens (including phenoxy) is 1. The Morgan fingerprint density at radius 2 is 1.75 bits per heavy atom. The Labute approximate surface area is 121 Å². The maximum atomic E-state index is 12.1. The summed E-state index contributed by atoms with van der Waals surface area (Å²) >= 11 is 0. The van der Waals surface area contributed by atoms with E-state index in [1.165, 1.54) is 12.8 Å². The van der Waals surface area contributed by atoms with Crippen LogP contribution in [-0.4, -0.2) is 61.0 Å². The quantitative estimate of drug-likeness (QED) is 0.713. The Morgan fingerprint density at radius 1 is 1.10 bits per heavy atom. The molecular weight excluding hydrogens is 256 g/mol. The highest BCUT2D eigenvalue weighted by molar-refractivity contribution is 5.77. The summed E-state index contributed by atoms with van der Waals surface area (Å²) in [6.07, 6.45) is 4.63. The number of carbonyl (C=O) groups excluding carboxylic acids is 2. The number of esters is 1. The van der Waals surface area contributed by atoms with Gasteiger partial charge in [0.2, 0.25) is 5.91 Å². The van der Waals surface area contributed by atoms with Crippen LogP contribution in [0.4, 0.5) is 0 Å². The van der Waals surface area contributed by atoms with Crippen LogP contribution in [0.5, 0.6) is 0 Å². The minimum atomic E-state index is -0.100. The van der Waals surface area contributed by atoms with Crippen LogP contribution in [0.1, 0.15) is 39.0 Å². The lowest BCUT2D eigenvalue weighted by molar-refractivity contribution is -0.151. The maximum absolute atomic E-state index is 12.1. The van der Waals surface area contributed by atoms with Crippen molar-refractivity contribution >= 4 is 11.9 Å². The van der Waals surface area contributed by atoms with Gasteiger partial charge in [0.15, 0.2) is 0 Å². The Balaban J connectivity index is 1.67. The molecule has 0 aromatic heterocycles. The minimum absolute atomic E-state index is 0.0161. The summed E-state index contributed by atoms with van der Waals surface area (Å²) in [7, 11) is 0. The molecule has 114 valence electrons. The molecule has 0 bridgehead atoms. The second-order valence-corrected chi connectivity index (χ2v) is 5.71. The molecular formula is C15H26N2O3. The van der Waals surface area contributed by atoms with Crippen molar-refractivity contribution < 1.29 is 14.3 Å². The van der Waals surface area contributed by atoms with Gasteiger partial charge in [-0.25, -0.2) is 0 Å². The number of nitrogens with zero attached hydrogens (tertiary/aromatic N) is 2. The molecule has 0 aliphatic carbocycles. The Morgan fingerprint density at radius 3 is 2.35 bits per heavy atom. The van der Waals surface area contributed by atoms with Crippen molar-refractivity contribution in [1.29, 1.82) is 0 Å². The van der Waals surface area contributed by atoms with E-state index in [2.05, 4.69) is 4.90 Å². The summed E-state index contributed by atoms with van der Waals surface area (Å²) in [5.74, 6) is 0.119. The normalized spacial score (nSPS) is 21.1. The second-order valence-electron chi connectivity index (χ2n) is 5.71. The lowest BCUT2D eigenvalue weighted by Gasteiger charge is -2.31. The molecule has 0 spiro atoms. The second kappa shape index (κ2) is 7.62. The number of amides is 1. The fourth-order valence-electron chi connectivity index (χ4n) is 3.04. The van der Waals surface area contributed by atoms with Crippen LogP contribution in [0.15, 0.2) is 0 Å². The van der Waals surface area contributed by atoms with Gasteiger partial charge in [0, 0.05) is 26.1 Å². The van der Waals surface area contributed by atoms with E-state index < -0.39 is 0 Å². The monoisotopic (exact) mass is 282 g/mol. The van der Waals surface area contributed by atoms with E-state index in [1.54, 1.807) is 0 Å². The Bertz CT molecular complexity index is 332. The summed E-state index contributed by atoms with van der Waals surface area (Å²) in [5, 5.41) is 0. The molecule has 0 saturated carbocycles. The van der Waals surface area contributed by atoms with Crippen LogP contribution < -0.4 is 0 Å². The molecule has 0 atom stereocenters. The molecule has 2 saturated heterocycles. The molecule has 2 aliphatic heterocycles. The molecule has 0 N–H and O–H groups in total. The van der Waals surface area contributed by atoms with E-state index in [1.807, 2.05) is 11.8 Å². The summed E-state index contributed by atoms with van der Waals surface area (Å²) < 4.78 is 5.04. The van der Waals surface area contributed by atoms with Gasteiger partial charge in [-0.05, 0) is 45.7 Å². The summed E-state index contributed by atoms with van der Waals surface area (Å²) in [4.78, 5) is 28.1. The fourth-order valence-corrected chi connectivity index (χ4v) is 3.04. The first-order valence-corrected chi connectivity index (χ1v) is 7.87. The van der Waals surface area contributed by atoms with Crippen LogP contribution in [0.3, 0.4) is 0 Å². The predicted octanol–water partition coefficient (Wildman–Crippen LogP) is 1.27. The van der Waals surface area contributed by atoms with E-state index in [-0.39, 0.29) is 17.8 Å². The SMILES string of the molecule is CCOC(=O)C1CCN(C(=O)CCN2CCCC2)CC1. The molecule has 5 heteroatoms. The topological polar surface area (TPSA) is 49.9 Å². The zero-order valence-electron chi connectivity index (χ0n) is 12.5. The molecule has 20 heavy (non-hydrogen) atoms. The van der Waals surface area contributed by atoms with E-state index in [0.717, 1.165) is 32.5 Å². The van der Waals surface area contributed by atoms with Crippen LogP contribution in [0.25, 0.3) is 0 Å². The van der Waals surface area contributed by atoms with E-state index in [9.17, 15) is 9.59 Å². The van der Waals surface area contributed by atoms with Crippen LogP contribution in [0, 0.1) is 5.92 Å². The average Bonchev–Trinajstić information content (AvgIpc) is 2.98. The maximum Gasteiger partial charge on any atom is 0.309 e. The number of piperidine rings is 1. The fraction of sp³-hybridized carbons (Fsp3) is 0.867. The third-order valence-electron chi connectivity index (χ3n) is 4.31. The number of likely N-dealkylation sites (tertiary alicyclic amines) is 2. The zero-order chi connectivity index (χ0) is 14.4. The predicted molar refractivity (Wildman–Crippen MR) is 76.2 cm³/mol. The largest absolute Gasteiger partial charge is 0.466 e. The van der Waals surface area contributed by atoms with Crippen molar-refractivity contribution in [3.05, 3.63) is 0 Å². The summed E-state index contributed by atoms with van der Waals surface area (Å²) in [5.41, 5.74) is 0. The molecule has 0 radical (unpaired) electrons. The van der Waals surface area contributed by atoms with E-state index >= 15 is 0 Å². The first kappa shape index (κ1) is 15.3. The van der Waals surface area contributed by atoms with Crippen LogP contribution >= 0.6 is 0 Å². The first-order chi connectivity index (χ1) is 9.70. The zero-order valence-corrected chi connectivity index (χ0v) is 12.5. The van der Waals surface area contributed by atoms with Crippen LogP contribution in [0.2, 0.25) is 0 Å². The molecule has 5 nitrogen and oxygen atoms in total.